The number of piperazine rings is 1. The lowest BCUT2D eigenvalue weighted by molar-refractivity contribution is 0.0528. The van der Waals surface area contributed by atoms with Gasteiger partial charge in [-0.1, -0.05) is 5.16 Å². The number of rotatable bonds is 5. The molecular weight excluding hydrogens is 390 g/mol. The van der Waals surface area contributed by atoms with Crippen molar-refractivity contribution in [2.24, 2.45) is 0 Å². The highest BCUT2D eigenvalue weighted by molar-refractivity contribution is 5.97. The third-order valence-corrected chi connectivity index (χ3v) is 4.99. The highest BCUT2D eigenvalue weighted by atomic mass is 16.5. The molecule has 0 aliphatic carbocycles. The zero-order chi connectivity index (χ0) is 21.1. The SMILES string of the molecule is COc1ccc(C(=O)N2CCN(C(=O)c3cc(-c4ccco4)on3)CC2)c(OC)c1. The van der Waals surface area contributed by atoms with Gasteiger partial charge in [0.05, 0.1) is 26.0 Å². The van der Waals surface area contributed by atoms with Gasteiger partial charge in [0, 0.05) is 38.3 Å². The molecule has 1 saturated heterocycles. The first kappa shape index (κ1) is 19.6. The van der Waals surface area contributed by atoms with Crippen molar-refractivity contribution in [3.8, 4) is 23.0 Å². The number of furan rings is 1. The summed E-state index contributed by atoms with van der Waals surface area (Å²) in [4.78, 5) is 29.0. The van der Waals surface area contributed by atoms with E-state index in [1.54, 1.807) is 53.3 Å². The number of amides is 2. The standard InChI is InChI=1S/C21H21N3O6/c1-27-14-5-6-15(18(12-14)28-2)20(25)23-7-9-24(10-8-23)21(26)16-13-19(30-22-16)17-4-3-11-29-17/h3-6,11-13H,7-10H2,1-2H3. The average Bonchev–Trinajstić information content (AvgIpc) is 3.50. The molecule has 156 valence electrons. The first-order chi connectivity index (χ1) is 14.6. The number of ether oxygens (including phenoxy) is 2. The van der Waals surface area contributed by atoms with Crippen LogP contribution in [0.2, 0.25) is 0 Å². The van der Waals surface area contributed by atoms with Crippen molar-refractivity contribution in [1.29, 1.82) is 0 Å². The first-order valence-electron chi connectivity index (χ1n) is 9.42. The number of benzene rings is 1. The van der Waals surface area contributed by atoms with E-state index in [4.69, 9.17) is 18.4 Å². The minimum Gasteiger partial charge on any atom is -0.497 e. The van der Waals surface area contributed by atoms with Crippen LogP contribution in [0.25, 0.3) is 11.5 Å². The predicted molar refractivity (Wildman–Crippen MR) is 106 cm³/mol. The second-order valence-electron chi connectivity index (χ2n) is 6.70. The third-order valence-electron chi connectivity index (χ3n) is 4.99. The van der Waals surface area contributed by atoms with Gasteiger partial charge in [-0.05, 0) is 24.3 Å². The van der Waals surface area contributed by atoms with Gasteiger partial charge in [0.25, 0.3) is 11.8 Å². The van der Waals surface area contributed by atoms with Gasteiger partial charge in [0.1, 0.15) is 11.5 Å². The van der Waals surface area contributed by atoms with Crippen LogP contribution in [0, 0.1) is 0 Å². The van der Waals surface area contributed by atoms with Gasteiger partial charge in [-0.15, -0.1) is 0 Å². The maximum absolute atomic E-state index is 12.9. The minimum atomic E-state index is -0.245. The fourth-order valence-corrected chi connectivity index (χ4v) is 3.33. The number of methoxy groups -OCH3 is 2. The van der Waals surface area contributed by atoms with Crippen molar-refractivity contribution in [3.63, 3.8) is 0 Å². The molecule has 9 nitrogen and oxygen atoms in total. The van der Waals surface area contributed by atoms with E-state index in [2.05, 4.69) is 5.16 Å². The Kier molecular flexibility index (Phi) is 5.42. The van der Waals surface area contributed by atoms with E-state index in [-0.39, 0.29) is 17.5 Å². The van der Waals surface area contributed by atoms with Crippen LogP contribution in [-0.4, -0.2) is 67.2 Å². The summed E-state index contributed by atoms with van der Waals surface area (Å²) in [6.07, 6.45) is 1.52. The Morgan fingerprint density at radius 3 is 2.30 bits per heavy atom. The Labute approximate surface area is 172 Å². The highest BCUT2D eigenvalue weighted by Crippen LogP contribution is 2.26. The number of aromatic nitrogens is 1. The zero-order valence-corrected chi connectivity index (χ0v) is 16.7. The smallest absolute Gasteiger partial charge is 0.276 e. The summed E-state index contributed by atoms with van der Waals surface area (Å²) in [6.45, 7) is 1.60. The first-order valence-corrected chi connectivity index (χ1v) is 9.42. The molecule has 3 heterocycles. The van der Waals surface area contributed by atoms with Crippen LogP contribution in [0.4, 0.5) is 0 Å². The molecular formula is C21H21N3O6. The predicted octanol–water partition coefficient (Wildman–Crippen LogP) is 2.55. The van der Waals surface area contributed by atoms with Crippen LogP contribution in [0.3, 0.4) is 0 Å². The summed E-state index contributed by atoms with van der Waals surface area (Å²) in [5.41, 5.74) is 0.663. The topological polar surface area (TPSA) is 98.2 Å². The molecule has 0 unspecified atom stereocenters. The van der Waals surface area contributed by atoms with E-state index in [0.29, 0.717) is 54.8 Å². The minimum absolute atomic E-state index is 0.150. The summed E-state index contributed by atoms with van der Waals surface area (Å²) < 4.78 is 21.0. The Balaban J connectivity index is 1.40. The molecule has 0 bridgehead atoms. The summed E-state index contributed by atoms with van der Waals surface area (Å²) >= 11 is 0. The van der Waals surface area contributed by atoms with Crippen LogP contribution in [0.5, 0.6) is 11.5 Å². The van der Waals surface area contributed by atoms with Gasteiger partial charge in [0.15, 0.2) is 11.5 Å². The second kappa shape index (κ2) is 8.32. The van der Waals surface area contributed by atoms with Crippen LogP contribution in [-0.2, 0) is 0 Å². The number of hydrogen-bond donors (Lipinski definition) is 0. The van der Waals surface area contributed by atoms with Crippen molar-refractivity contribution < 1.29 is 28.0 Å². The van der Waals surface area contributed by atoms with Crippen molar-refractivity contribution in [3.05, 3.63) is 53.9 Å². The molecule has 9 heteroatoms. The fourth-order valence-electron chi connectivity index (χ4n) is 3.33. The molecule has 1 fully saturated rings. The number of hydrogen-bond acceptors (Lipinski definition) is 7. The van der Waals surface area contributed by atoms with Crippen LogP contribution < -0.4 is 9.47 Å². The summed E-state index contributed by atoms with van der Waals surface area (Å²) in [5.74, 6) is 1.56. The monoisotopic (exact) mass is 411 g/mol. The molecule has 2 aromatic heterocycles. The van der Waals surface area contributed by atoms with Gasteiger partial charge in [-0.25, -0.2) is 0 Å². The van der Waals surface area contributed by atoms with Gasteiger partial charge in [-0.2, -0.15) is 0 Å². The Hall–Kier alpha value is -3.75. The van der Waals surface area contributed by atoms with Crippen molar-refractivity contribution in [1.82, 2.24) is 15.0 Å². The van der Waals surface area contributed by atoms with Gasteiger partial charge in [-0.3, -0.25) is 9.59 Å². The van der Waals surface area contributed by atoms with Gasteiger partial charge >= 0.3 is 0 Å². The van der Waals surface area contributed by atoms with Crippen LogP contribution >= 0.6 is 0 Å². The van der Waals surface area contributed by atoms with E-state index in [9.17, 15) is 9.59 Å². The molecule has 3 aromatic rings. The summed E-state index contributed by atoms with van der Waals surface area (Å²) in [7, 11) is 3.07. The average molecular weight is 411 g/mol. The van der Waals surface area contributed by atoms with Gasteiger partial charge < -0.3 is 28.2 Å². The zero-order valence-electron chi connectivity index (χ0n) is 16.7. The quantitative estimate of drug-likeness (QED) is 0.636. The van der Waals surface area contributed by atoms with E-state index in [1.807, 2.05) is 0 Å². The summed E-state index contributed by atoms with van der Waals surface area (Å²) in [5, 5.41) is 3.85. The molecule has 0 spiro atoms. The Morgan fingerprint density at radius 1 is 0.933 bits per heavy atom. The molecule has 1 aromatic carbocycles. The molecule has 0 atom stereocenters. The fraction of sp³-hybridized carbons (Fsp3) is 0.286. The summed E-state index contributed by atoms with van der Waals surface area (Å²) in [6, 6.07) is 10.1. The van der Waals surface area contributed by atoms with Gasteiger partial charge in [0.2, 0.25) is 5.76 Å². The molecule has 1 aliphatic rings. The number of carbonyl (C=O) groups is 2. The maximum atomic E-state index is 12.9. The maximum Gasteiger partial charge on any atom is 0.276 e. The van der Waals surface area contributed by atoms with E-state index < -0.39 is 0 Å². The molecule has 0 saturated carbocycles. The van der Waals surface area contributed by atoms with Crippen LogP contribution in [0.15, 0.2) is 51.6 Å². The number of carbonyl (C=O) groups excluding carboxylic acids is 2. The molecule has 4 rings (SSSR count). The van der Waals surface area contributed by atoms with E-state index >= 15 is 0 Å². The molecule has 30 heavy (non-hydrogen) atoms. The normalized spacial score (nSPS) is 13.9. The molecule has 0 N–H and O–H groups in total. The lowest BCUT2D eigenvalue weighted by Gasteiger charge is -2.34. The molecule has 1 aliphatic heterocycles. The second-order valence-corrected chi connectivity index (χ2v) is 6.70. The third kappa shape index (κ3) is 3.73. The Morgan fingerprint density at radius 2 is 1.67 bits per heavy atom. The van der Waals surface area contributed by atoms with E-state index in [0.717, 1.165) is 0 Å². The van der Waals surface area contributed by atoms with Crippen molar-refractivity contribution in [2.75, 3.05) is 40.4 Å². The highest BCUT2D eigenvalue weighted by Gasteiger charge is 2.28. The molecule has 2 amide bonds. The lowest BCUT2D eigenvalue weighted by atomic mass is 10.1. The number of nitrogens with zero attached hydrogens (tertiary/aromatic N) is 3. The largest absolute Gasteiger partial charge is 0.497 e. The van der Waals surface area contributed by atoms with Crippen molar-refractivity contribution in [2.45, 2.75) is 0 Å². The van der Waals surface area contributed by atoms with Crippen LogP contribution in [0.1, 0.15) is 20.8 Å². The lowest BCUT2D eigenvalue weighted by Crippen LogP contribution is -2.50. The molecule has 0 radical (unpaired) electrons. The van der Waals surface area contributed by atoms with E-state index in [1.165, 1.54) is 13.4 Å². The Bertz CT molecular complexity index is 1030. The van der Waals surface area contributed by atoms with Crippen molar-refractivity contribution >= 4 is 11.8 Å².